The molecule has 0 aliphatic heterocycles. The normalized spacial score (nSPS) is 11.7. The first-order valence-electron chi connectivity index (χ1n) is 5.46. The highest BCUT2D eigenvalue weighted by Crippen LogP contribution is 2.33. The highest BCUT2D eigenvalue weighted by molar-refractivity contribution is 7.80. The molecule has 100 valence electrons. The van der Waals surface area contributed by atoms with Gasteiger partial charge in [-0.2, -0.15) is 13.2 Å². The van der Waals surface area contributed by atoms with Gasteiger partial charge in [0.1, 0.15) is 4.99 Å². The highest BCUT2D eigenvalue weighted by atomic mass is 32.1. The molecule has 1 rings (SSSR count). The molecule has 0 atom stereocenters. The van der Waals surface area contributed by atoms with Gasteiger partial charge in [-0.25, -0.2) is 0 Å². The van der Waals surface area contributed by atoms with E-state index in [9.17, 15) is 13.2 Å². The Labute approximate surface area is 109 Å². The number of alkyl halides is 3. The van der Waals surface area contributed by atoms with Crippen molar-refractivity contribution >= 4 is 22.9 Å². The van der Waals surface area contributed by atoms with Crippen LogP contribution in [-0.4, -0.2) is 11.5 Å². The number of thiocarbonyl (C=S) groups is 1. The molecular weight excluding hydrogens is 261 g/mol. The maximum atomic E-state index is 12.8. The number of anilines is 1. The molecule has 0 bridgehead atoms. The van der Waals surface area contributed by atoms with E-state index in [2.05, 4.69) is 17.5 Å². The number of nitrogens with two attached hydrogens (primary N) is 1. The van der Waals surface area contributed by atoms with E-state index in [0.717, 1.165) is 6.07 Å². The third-order valence-corrected chi connectivity index (χ3v) is 2.52. The lowest BCUT2D eigenvalue weighted by molar-refractivity contribution is -0.137. The zero-order valence-electron chi connectivity index (χ0n) is 10.1. The summed E-state index contributed by atoms with van der Waals surface area (Å²) in [5, 5.41) is 2.94. The minimum atomic E-state index is -4.46. The van der Waals surface area contributed by atoms with E-state index in [1.807, 2.05) is 13.8 Å². The SMILES string of the molecule is CC(C)CNc1ccc(C(N)=S)c(C(F)(F)F)c1. The Morgan fingerprint density at radius 2 is 2.00 bits per heavy atom. The molecule has 18 heavy (non-hydrogen) atoms. The Bertz CT molecular complexity index is 441. The molecule has 1 aromatic rings. The summed E-state index contributed by atoms with van der Waals surface area (Å²) in [7, 11) is 0. The molecule has 2 nitrogen and oxygen atoms in total. The van der Waals surface area contributed by atoms with Gasteiger partial charge in [0, 0.05) is 17.8 Å². The Balaban J connectivity index is 3.10. The Morgan fingerprint density at radius 3 is 2.44 bits per heavy atom. The lowest BCUT2D eigenvalue weighted by Crippen LogP contribution is -2.18. The molecule has 0 unspecified atom stereocenters. The summed E-state index contributed by atoms with van der Waals surface area (Å²) in [6.07, 6.45) is -4.46. The molecule has 0 amide bonds. The maximum absolute atomic E-state index is 12.8. The second-order valence-electron chi connectivity index (χ2n) is 4.40. The molecule has 1 aromatic carbocycles. The van der Waals surface area contributed by atoms with Gasteiger partial charge in [0.25, 0.3) is 0 Å². The van der Waals surface area contributed by atoms with Crippen LogP contribution in [0, 0.1) is 5.92 Å². The second kappa shape index (κ2) is 5.56. The Morgan fingerprint density at radius 1 is 1.39 bits per heavy atom. The summed E-state index contributed by atoms with van der Waals surface area (Å²) >= 11 is 4.63. The predicted octanol–water partition coefficient (Wildman–Crippen LogP) is 3.41. The van der Waals surface area contributed by atoms with Gasteiger partial charge in [0.15, 0.2) is 0 Å². The standard InChI is InChI=1S/C12H15F3N2S/c1-7(2)6-17-8-3-4-9(11(16)18)10(5-8)12(13,14)15/h3-5,7,17H,6H2,1-2H3,(H2,16,18). The van der Waals surface area contributed by atoms with Crippen LogP contribution >= 0.6 is 12.2 Å². The van der Waals surface area contributed by atoms with Gasteiger partial charge >= 0.3 is 6.18 Å². The van der Waals surface area contributed by atoms with Crippen molar-refractivity contribution in [2.24, 2.45) is 11.7 Å². The average Bonchev–Trinajstić information content (AvgIpc) is 2.24. The van der Waals surface area contributed by atoms with Crippen molar-refractivity contribution in [1.29, 1.82) is 0 Å². The minimum Gasteiger partial charge on any atom is -0.389 e. The van der Waals surface area contributed by atoms with Crippen LogP contribution in [-0.2, 0) is 6.18 Å². The third-order valence-electron chi connectivity index (χ3n) is 2.30. The van der Waals surface area contributed by atoms with Crippen LogP contribution in [0.3, 0.4) is 0 Å². The molecule has 0 saturated heterocycles. The zero-order chi connectivity index (χ0) is 13.9. The molecule has 0 fully saturated rings. The van der Waals surface area contributed by atoms with E-state index < -0.39 is 11.7 Å². The number of nitrogens with one attached hydrogen (secondary N) is 1. The van der Waals surface area contributed by atoms with Crippen LogP contribution in [0.5, 0.6) is 0 Å². The quantitative estimate of drug-likeness (QED) is 0.828. The van der Waals surface area contributed by atoms with Crippen molar-refractivity contribution in [3.63, 3.8) is 0 Å². The van der Waals surface area contributed by atoms with Crippen LogP contribution in [0.2, 0.25) is 0 Å². The van der Waals surface area contributed by atoms with Crippen LogP contribution in [0.4, 0.5) is 18.9 Å². The van der Waals surface area contributed by atoms with Gasteiger partial charge in [0.05, 0.1) is 5.56 Å². The summed E-state index contributed by atoms with van der Waals surface area (Å²) in [4.78, 5) is -0.252. The lowest BCUT2D eigenvalue weighted by Gasteiger charge is -2.15. The molecule has 6 heteroatoms. The van der Waals surface area contributed by atoms with Crippen LogP contribution in [0.1, 0.15) is 25.0 Å². The fraction of sp³-hybridized carbons (Fsp3) is 0.417. The first-order valence-corrected chi connectivity index (χ1v) is 5.87. The lowest BCUT2D eigenvalue weighted by atomic mass is 10.1. The third kappa shape index (κ3) is 3.87. The molecular formula is C12H15F3N2S. The molecule has 0 heterocycles. The van der Waals surface area contributed by atoms with Gasteiger partial charge in [-0.15, -0.1) is 0 Å². The van der Waals surface area contributed by atoms with Crippen LogP contribution < -0.4 is 11.1 Å². The fourth-order valence-electron chi connectivity index (χ4n) is 1.43. The van der Waals surface area contributed by atoms with Gasteiger partial charge in [-0.1, -0.05) is 26.1 Å². The molecule has 0 radical (unpaired) electrons. The average molecular weight is 276 g/mol. The van der Waals surface area contributed by atoms with Crippen LogP contribution in [0.15, 0.2) is 18.2 Å². The maximum Gasteiger partial charge on any atom is 0.417 e. The topological polar surface area (TPSA) is 38.0 Å². The molecule has 0 aromatic heterocycles. The first kappa shape index (κ1) is 14.8. The smallest absolute Gasteiger partial charge is 0.389 e. The summed E-state index contributed by atoms with van der Waals surface area (Å²) in [6, 6.07) is 3.89. The molecule has 0 aliphatic carbocycles. The molecule has 0 spiro atoms. The highest BCUT2D eigenvalue weighted by Gasteiger charge is 2.34. The second-order valence-corrected chi connectivity index (χ2v) is 4.84. The first-order chi connectivity index (χ1) is 8.21. The Hall–Kier alpha value is -1.30. The van der Waals surface area contributed by atoms with Gasteiger partial charge in [-0.3, -0.25) is 0 Å². The van der Waals surface area contributed by atoms with Gasteiger partial charge in [-0.05, 0) is 24.1 Å². The summed E-state index contributed by atoms with van der Waals surface area (Å²) in [5.74, 6) is 0.342. The van der Waals surface area contributed by atoms with Crippen molar-refractivity contribution in [2.75, 3.05) is 11.9 Å². The van der Waals surface area contributed by atoms with Crippen LogP contribution in [0.25, 0.3) is 0 Å². The molecule has 3 N–H and O–H groups in total. The van der Waals surface area contributed by atoms with E-state index >= 15 is 0 Å². The summed E-state index contributed by atoms with van der Waals surface area (Å²) < 4.78 is 38.5. The van der Waals surface area contributed by atoms with E-state index in [4.69, 9.17) is 5.73 Å². The largest absolute Gasteiger partial charge is 0.417 e. The van der Waals surface area contributed by atoms with Crippen molar-refractivity contribution in [2.45, 2.75) is 20.0 Å². The zero-order valence-corrected chi connectivity index (χ0v) is 11.0. The van der Waals surface area contributed by atoms with E-state index in [-0.39, 0.29) is 10.6 Å². The van der Waals surface area contributed by atoms with Gasteiger partial charge in [0.2, 0.25) is 0 Å². The summed E-state index contributed by atoms with van der Waals surface area (Å²) in [6.45, 7) is 4.55. The molecule has 0 aliphatic rings. The van der Waals surface area contributed by atoms with E-state index in [1.54, 1.807) is 6.07 Å². The fourth-order valence-corrected chi connectivity index (χ4v) is 1.60. The number of benzene rings is 1. The number of rotatable bonds is 4. The van der Waals surface area contributed by atoms with Crippen molar-refractivity contribution in [1.82, 2.24) is 0 Å². The van der Waals surface area contributed by atoms with Crippen molar-refractivity contribution < 1.29 is 13.2 Å². The number of hydrogen-bond donors (Lipinski definition) is 2. The summed E-state index contributed by atoms with van der Waals surface area (Å²) in [5.41, 5.74) is 4.76. The predicted molar refractivity (Wildman–Crippen MR) is 70.7 cm³/mol. The minimum absolute atomic E-state index is 0.146. The number of halogens is 3. The molecule has 0 saturated carbocycles. The van der Waals surface area contributed by atoms with Crippen molar-refractivity contribution in [3.05, 3.63) is 29.3 Å². The Kier molecular flexibility index (Phi) is 4.56. The van der Waals surface area contributed by atoms with Gasteiger partial charge < -0.3 is 11.1 Å². The van der Waals surface area contributed by atoms with E-state index in [1.165, 1.54) is 6.07 Å². The van der Waals surface area contributed by atoms with Crippen molar-refractivity contribution in [3.8, 4) is 0 Å². The monoisotopic (exact) mass is 276 g/mol. The van der Waals surface area contributed by atoms with E-state index in [0.29, 0.717) is 18.2 Å². The number of hydrogen-bond acceptors (Lipinski definition) is 2.